The second kappa shape index (κ2) is 5.02. The minimum atomic E-state index is -0.980. The smallest absolute Gasteiger partial charge is 0.337 e. The van der Waals surface area contributed by atoms with Crippen LogP contribution < -0.4 is 5.32 Å². The molecular weight excluding hydrogens is 228 g/mol. The number of carboxylic acids is 1. The van der Waals surface area contributed by atoms with Crippen LogP contribution in [0.1, 0.15) is 15.9 Å². The van der Waals surface area contributed by atoms with E-state index in [-0.39, 0.29) is 5.56 Å². The molecule has 2 N–H and O–H groups in total. The van der Waals surface area contributed by atoms with Crippen molar-refractivity contribution in [3.63, 3.8) is 0 Å². The van der Waals surface area contributed by atoms with Gasteiger partial charge in [-0.3, -0.25) is 0 Å². The number of nitrogens with one attached hydrogen (secondary N) is 1. The summed E-state index contributed by atoms with van der Waals surface area (Å²) in [4.78, 5) is 11.0. The van der Waals surface area contributed by atoms with Crippen LogP contribution >= 0.6 is 0 Å². The van der Waals surface area contributed by atoms with Crippen LogP contribution in [0.25, 0.3) is 0 Å². The second-order valence-corrected chi connectivity index (χ2v) is 3.66. The van der Waals surface area contributed by atoms with Crippen molar-refractivity contribution in [1.29, 1.82) is 5.26 Å². The largest absolute Gasteiger partial charge is 0.478 e. The fourth-order valence-corrected chi connectivity index (χ4v) is 1.56. The van der Waals surface area contributed by atoms with E-state index < -0.39 is 5.97 Å². The van der Waals surface area contributed by atoms with Crippen molar-refractivity contribution in [2.24, 2.45) is 0 Å². The molecule has 0 bridgehead atoms. The lowest BCUT2D eigenvalue weighted by molar-refractivity contribution is 0.0698. The number of rotatable bonds is 3. The van der Waals surface area contributed by atoms with Gasteiger partial charge in [-0.15, -0.1) is 0 Å². The van der Waals surface area contributed by atoms with Gasteiger partial charge < -0.3 is 10.4 Å². The Balaban J connectivity index is 2.28. The lowest BCUT2D eigenvalue weighted by Crippen LogP contribution is -2.02. The lowest BCUT2D eigenvalue weighted by Gasteiger charge is -2.09. The number of carboxylic acid groups (broad SMARTS) is 1. The summed E-state index contributed by atoms with van der Waals surface area (Å²) in [5.41, 5.74) is 2.03. The average molecular weight is 238 g/mol. The van der Waals surface area contributed by atoms with Crippen LogP contribution in [0, 0.1) is 11.3 Å². The Morgan fingerprint density at radius 3 is 2.39 bits per heavy atom. The van der Waals surface area contributed by atoms with Crippen LogP contribution in [0.15, 0.2) is 48.5 Å². The molecule has 2 aromatic rings. The van der Waals surface area contributed by atoms with Gasteiger partial charge in [0.15, 0.2) is 0 Å². The Bertz CT molecular complexity index is 612. The zero-order chi connectivity index (χ0) is 13.0. The molecule has 0 fully saturated rings. The van der Waals surface area contributed by atoms with Crippen LogP contribution in [-0.4, -0.2) is 11.1 Å². The molecular formula is C14H10N2O2. The van der Waals surface area contributed by atoms with E-state index in [9.17, 15) is 4.79 Å². The Hall–Kier alpha value is -2.80. The summed E-state index contributed by atoms with van der Waals surface area (Å²) in [6, 6.07) is 15.5. The topological polar surface area (TPSA) is 73.1 Å². The molecule has 0 saturated heterocycles. The molecule has 0 aliphatic rings. The number of hydrogen-bond donors (Lipinski definition) is 2. The summed E-state index contributed by atoms with van der Waals surface area (Å²) in [7, 11) is 0. The van der Waals surface area contributed by atoms with E-state index in [0.29, 0.717) is 11.3 Å². The van der Waals surface area contributed by atoms with Gasteiger partial charge in [0.25, 0.3) is 0 Å². The third kappa shape index (κ3) is 2.47. The van der Waals surface area contributed by atoms with E-state index in [4.69, 9.17) is 10.4 Å². The van der Waals surface area contributed by atoms with Crippen LogP contribution in [-0.2, 0) is 0 Å². The minimum absolute atomic E-state index is 0.210. The third-order valence-electron chi connectivity index (χ3n) is 2.45. The number of nitrogens with zero attached hydrogens (tertiary/aromatic N) is 1. The molecule has 0 aliphatic heterocycles. The molecule has 0 spiro atoms. The van der Waals surface area contributed by atoms with Crippen LogP contribution in [0.4, 0.5) is 11.4 Å². The zero-order valence-electron chi connectivity index (χ0n) is 9.42. The van der Waals surface area contributed by atoms with E-state index in [1.54, 1.807) is 42.5 Å². The van der Waals surface area contributed by atoms with Gasteiger partial charge in [0.05, 0.1) is 22.9 Å². The predicted molar refractivity (Wildman–Crippen MR) is 67.8 cm³/mol. The molecule has 2 rings (SSSR count). The highest BCUT2D eigenvalue weighted by atomic mass is 16.4. The summed E-state index contributed by atoms with van der Waals surface area (Å²) >= 11 is 0. The Morgan fingerprint density at radius 2 is 1.78 bits per heavy atom. The number of hydrogen-bond acceptors (Lipinski definition) is 3. The molecule has 0 radical (unpaired) electrons. The first-order chi connectivity index (χ1) is 8.70. The van der Waals surface area contributed by atoms with Gasteiger partial charge in [0.1, 0.15) is 0 Å². The Morgan fingerprint density at radius 1 is 1.11 bits per heavy atom. The Labute approximate surface area is 104 Å². The number of para-hydroxylation sites is 1. The fraction of sp³-hybridized carbons (Fsp3) is 0. The van der Waals surface area contributed by atoms with E-state index >= 15 is 0 Å². The third-order valence-corrected chi connectivity index (χ3v) is 2.45. The fourth-order valence-electron chi connectivity index (χ4n) is 1.56. The molecule has 0 aromatic heterocycles. The van der Waals surface area contributed by atoms with Gasteiger partial charge in [0, 0.05) is 5.69 Å². The van der Waals surface area contributed by atoms with E-state index in [2.05, 4.69) is 5.32 Å². The van der Waals surface area contributed by atoms with E-state index in [1.165, 1.54) is 6.07 Å². The number of anilines is 2. The number of aromatic carboxylic acids is 1. The van der Waals surface area contributed by atoms with Gasteiger partial charge >= 0.3 is 5.97 Å². The molecule has 18 heavy (non-hydrogen) atoms. The quantitative estimate of drug-likeness (QED) is 0.862. The van der Waals surface area contributed by atoms with Gasteiger partial charge in [-0.05, 0) is 36.4 Å². The van der Waals surface area contributed by atoms with Crippen molar-refractivity contribution >= 4 is 17.3 Å². The SMILES string of the molecule is N#Cc1ccc(Nc2ccccc2C(=O)O)cc1. The molecule has 0 saturated carbocycles. The molecule has 0 amide bonds. The lowest BCUT2D eigenvalue weighted by atomic mass is 10.1. The summed E-state index contributed by atoms with van der Waals surface area (Å²) in [6.45, 7) is 0. The molecule has 4 heteroatoms. The molecule has 88 valence electrons. The van der Waals surface area contributed by atoms with Crippen LogP contribution in [0.3, 0.4) is 0 Å². The summed E-state index contributed by atoms with van der Waals surface area (Å²) in [6.07, 6.45) is 0. The summed E-state index contributed by atoms with van der Waals surface area (Å²) in [5, 5.41) is 20.7. The minimum Gasteiger partial charge on any atom is -0.478 e. The van der Waals surface area contributed by atoms with E-state index in [0.717, 1.165) is 5.69 Å². The molecule has 0 unspecified atom stereocenters. The first kappa shape index (κ1) is 11.7. The zero-order valence-corrected chi connectivity index (χ0v) is 9.42. The monoisotopic (exact) mass is 238 g/mol. The highest BCUT2D eigenvalue weighted by Crippen LogP contribution is 2.21. The number of nitriles is 1. The highest BCUT2D eigenvalue weighted by molar-refractivity contribution is 5.95. The maximum Gasteiger partial charge on any atom is 0.337 e. The Kier molecular flexibility index (Phi) is 3.26. The maximum absolute atomic E-state index is 11.0. The molecule has 0 atom stereocenters. The van der Waals surface area contributed by atoms with Crippen molar-refractivity contribution in [2.45, 2.75) is 0 Å². The number of benzene rings is 2. The summed E-state index contributed by atoms with van der Waals surface area (Å²) in [5.74, 6) is -0.980. The standard InChI is InChI=1S/C14H10N2O2/c15-9-10-5-7-11(8-6-10)16-13-4-2-1-3-12(13)14(17)18/h1-8,16H,(H,17,18). The van der Waals surface area contributed by atoms with E-state index in [1.807, 2.05) is 6.07 Å². The molecule has 4 nitrogen and oxygen atoms in total. The normalized spacial score (nSPS) is 9.50. The van der Waals surface area contributed by atoms with Gasteiger partial charge in [0.2, 0.25) is 0 Å². The highest BCUT2D eigenvalue weighted by Gasteiger charge is 2.08. The van der Waals surface area contributed by atoms with Gasteiger partial charge in [-0.2, -0.15) is 5.26 Å². The molecule has 0 aliphatic carbocycles. The summed E-state index contributed by atoms with van der Waals surface area (Å²) < 4.78 is 0. The van der Waals surface area contributed by atoms with Gasteiger partial charge in [-0.1, -0.05) is 12.1 Å². The van der Waals surface area contributed by atoms with Crippen molar-refractivity contribution in [3.05, 3.63) is 59.7 Å². The predicted octanol–water partition coefficient (Wildman–Crippen LogP) is 3.00. The van der Waals surface area contributed by atoms with Crippen molar-refractivity contribution in [3.8, 4) is 6.07 Å². The molecule has 0 heterocycles. The van der Waals surface area contributed by atoms with Crippen molar-refractivity contribution in [2.75, 3.05) is 5.32 Å². The average Bonchev–Trinajstić information content (AvgIpc) is 2.40. The molecule has 2 aromatic carbocycles. The number of carbonyl (C=O) groups is 1. The second-order valence-electron chi connectivity index (χ2n) is 3.66. The van der Waals surface area contributed by atoms with Crippen molar-refractivity contribution in [1.82, 2.24) is 0 Å². The maximum atomic E-state index is 11.0. The van der Waals surface area contributed by atoms with Crippen LogP contribution in [0.5, 0.6) is 0 Å². The van der Waals surface area contributed by atoms with Crippen molar-refractivity contribution < 1.29 is 9.90 Å². The van der Waals surface area contributed by atoms with Gasteiger partial charge in [-0.25, -0.2) is 4.79 Å². The first-order valence-corrected chi connectivity index (χ1v) is 5.30. The first-order valence-electron chi connectivity index (χ1n) is 5.30. The van der Waals surface area contributed by atoms with Crippen LogP contribution in [0.2, 0.25) is 0 Å².